The van der Waals surface area contributed by atoms with E-state index in [1.807, 2.05) is 24.6 Å². The number of hydrogen-bond donors (Lipinski definition) is 2. The first-order valence-corrected chi connectivity index (χ1v) is 9.08. The van der Waals surface area contributed by atoms with Gasteiger partial charge in [0.25, 0.3) is 0 Å². The van der Waals surface area contributed by atoms with Crippen molar-refractivity contribution in [1.82, 2.24) is 18.6 Å². The van der Waals surface area contributed by atoms with Gasteiger partial charge in [0.15, 0.2) is 5.13 Å². The van der Waals surface area contributed by atoms with E-state index in [4.69, 9.17) is 0 Å². The highest BCUT2D eigenvalue weighted by molar-refractivity contribution is 7.13. The number of hydrogen-bond acceptors (Lipinski definition) is 7. The first-order valence-electron chi connectivity index (χ1n) is 7.47. The molecule has 0 bridgehead atoms. The summed E-state index contributed by atoms with van der Waals surface area (Å²) in [6.07, 6.45) is 0. The minimum atomic E-state index is -0.339. The molecule has 0 saturated heterocycles. The van der Waals surface area contributed by atoms with Crippen LogP contribution in [0.5, 0.6) is 0 Å². The molecule has 0 saturated carbocycles. The molecule has 7 nitrogen and oxygen atoms in total. The number of carbonyl (C=O) groups is 1. The smallest absolute Gasteiger partial charge is 0.305 e. The van der Waals surface area contributed by atoms with Crippen molar-refractivity contribution in [2.75, 3.05) is 17.7 Å². The average molecular weight is 362 g/mol. The number of benzene rings is 1. The molecule has 3 aromatic rings. The van der Waals surface area contributed by atoms with Crippen LogP contribution in [0.1, 0.15) is 19.5 Å². The Morgan fingerprint density at radius 2 is 2.12 bits per heavy atom. The number of nitrogens with one attached hydrogen (secondary N) is 2. The molecular formula is C15H18N6OS2. The van der Waals surface area contributed by atoms with Crippen molar-refractivity contribution in [2.45, 2.75) is 26.4 Å². The van der Waals surface area contributed by atoms with E-state index in [9.17, 15) is 4.79 Å². The Hall–Kier alpha value is -2.10. The van der Waals surface area contributed by atoms with Crippen molar-refractivity contribution in [2.24, 2.45) is 0 Å². The summed E-state index contributed by atoms with van der Waals surface area (Å²) >= 11 is 2.53. The number of amides is 2. The summed E-state index contributed by atoms with van der Waals surface area (Å²) in [7, 11) is 2.05. The molecule has 0 aliphatic heterocycles. The second-order valence-electron chi connectivity index (χ2n) is 5.67. The number of nitrogens with zero attached hydrogens (tertiary/aromatic N) is 4. The summed E-state index contributed by atoms with van der Waals surface area (Å²) in [4.78, 5) is 18.8. The second-order valence-corrected chi connectivity index (χ2v) is 7.06. The first-order chi connectivity index (χ1) is 11.5. The SMILES string of the molecule is CC(C)N(C)Cc1csc(NC(=O)Nc2cccc3nsnc23)n1. The summed E-state index contributed by atoms with van der Waals surface area (Å²) < 4.78 is 8.36. The minimum absolute atomic E-state index is 0.339. The van der Waals surface area contributed by atoms with E-state index in [1.165, 1.54) is 11.3 Å². The monoisotopic (exact) mass is 362 g/mol. The molecule has 0 radical (unpaired) electrons. The topological polar surface area (TPSA) is 83.0 Å². The summed E-state index contributed by atoms with van der Waals surface area (Å²) in [5.74, 6) is 0. The van der Waals surface area contributed by atoms with Crippen molar-refractivity contribution < 1.29 is 4.79 Å². The molecule has 126 valence electrons. The molecule has 0 aliphatic rings. The van der Waals surface area contributed by atoms with Gasteiger partial charge in [-0.15, -0.1) is 11.3 Å². The van der Waals surface area contributed by atoms with Crippen LogP contribution in [-0.2, 0) is 6.54 Å². The Labute approximate surface area is 148 Å². The third-order valence-electron chi connectivity index (χ3n) is 3.60. The fourth-order valence-corrected chi connectivity index (χ4v) is 3.28. The zero-order valence-electron chi connectivity index (χ0n) is 13.6. The van der Waals surface area contributed by atoms with E-state index in [-0.39, 0.29) is 6.03 Å². The van der Waals surface area contributed by atoms with Crippen LogP contribution in [0.2, 0.25) is 0 Å². The van der Waals surface area contributed by atoms with Gasteiger partial charge in [0, 0.05) is 18.0 Å². The largest absolute Gasteiger partial charge is 0.325 e. The van der Waals surface area contributed by atoms with Crippen molar-refractivity contribution in [3.63, 3.8) is 0 Å². The van der Waals surface area contributed by atoms with Crippen LogP contribution >= 0.6 is 23.1 Å². The van der Waals surface area contributed by atoms with Crippen molar-refractivity contribution in [3.05, 3.63) is 29.3 Å². The predicted octanol–water partition coefficient (Wildman–Crippen LogP) is 3.63. The Morgan fingerprint density at radius 3 is 2.92 bits per heavy atom. The van der Waals surface area contributed by atoms with Gasteiger partial charge in [-0.1, -0.05) is 6.07 Å². The van der Waals surface area contributed by atoms with Crippen LogP contribution in [0, 0.1) is 0 Å². The normalized spacial score (nSPS) is 11.4. The third kappa shape index (κ3) is 3.86. The van der Waals surface area contributed by atoms with Gasteiger partial charge >= 0.3 is 6.03 Å². The zero-order chi connectivity index (χ0) is 17.1. The molecule has 0 aliphatic carbocycles. The first kappa shape index (κ1) is 16.7. The van der Waals surface area contributed by atoms with Crippen molar-refractivity contribution in [3.8, 4) is 0 Å². The highest BCUT2D eigenvalue weighted by atomic mass is 32.1. The fraction of sp³-hybridized carbons (Fsp3) is 0.333. The second kappa shape index (κ2) is 7.20. The molecule has 0 atom stereocenters. The van der Waals surface area contributed by atoms with E-state index in [2.05, 4.69) is 43.1 Å². The van der Waals surface area contributed by atoms with E-state index >= 15 is 0 Å². The van der Waals surface area contributed by atoms with Crippen LogP contribution in [0.3, 0.4) is 0 Å². The summed E-state index contributed by atoms with van der Waals surface area (Å²) in [6.45, 7) is 5.01. The van der Waals surface area contributed by atoms with Gasteiger partial charge < -0.3 is 5.32 Å². The number of aromatic nitrogens is 3. The third-order valence-corrected chi connectivity index (χ3v) is 4.95. The Morgan fingerprint density at radius 1 is 1.29 bits per heavy atom. The molecule has 2 aromatic heterocycles. The Kier molecular flexibility index (Phi) is 5.03. The van der Waals surface area contributed by atoms with E-state index in [0.717, 1.165) is 29.5 Å². The lowest BCUT2D eigenvalue weighted by atomic mass is 10.2. The van der Waals surface area contributed by atoms with Gasteiger partial charge in [-0.05, 0) is 33.0 Å². The van der Waals surface area contributed by atoms with Crippen LogP contribution in [0.4, 0.5) is 15.6 Å². The van der Waals surface area contributed by atoms with Crippen LogP contribution in [0.15, 0.2) is 23.6 Å². The van der Waals surface area contributed by atoms with Gasteiger partial charge in [0.05, 0.1) is 23.1 Å². The molecule has 0 spiro atoms. The number of anilines is 2. The zero-order valence-corrected chi connectivity index (χ0v) is 15.2. The number of urea groups is 1. The quantitative estimate of drug-likeness (QED) is 0.724. The molecule has 2 amide bonds. The summed E-state index contributed by atoms with van der Waals surface area (Å²) in [6, 6.07) is 5.60. The number of thiazole rings is 1. The highest BCUT2D eigenvalue weighted by Gasteiger charge is 2.12. The lowest BCUT2D eigenvalue weighted by Crippen LogP contribution is -2.25. The molecule has 1 aromatic carbocycles. The maximum Gasteiger partial charge on any atom is 0.325 e. The molecular weight excluding hydrogens is 344 g/mol. The lowest BCUT2D eigenvalue weighted by molar-refractivity contribution is 0.261. The maximum absolute atomic E-state index is 12.2. The number of carbonyl (C=O) groups excluding carboxylic acids is 1. The van der Waals surface area contributed by atoms with Gasteiger partial charge in [0.2, 0.25) is 0 Å². The molecule has 0 unspecified atom stereocenters. The van der Waals surface area contributed by atoms with E-state index < -0.39 is 0 Å². The van der Waals surface area contributed by atoms with Gasteiger partial charge in [-0.3, -0.25) is 10.2 Å². The van der Waals surface area contributed by atoms with Crippen molar-refractivity contribution >= 4 is 50.9 Å². The Bertz CT molecular complexity index is 843. The standard InChI is InChI=1S/C15H18N6OS2/c1-9(2)21(3)7-10-8-23-15(16-10)18-14(22)17-11-5-4-6-12-13(11)20-24-19-12/h4-6,8-9H,7H2,1-3H3,(H2,16,17,18,22). The minimum Gasteiger partial charge on any atom is -0.305 e. The number of fused-ring (bicyclic) bond motifs is 1. The Balaban J connectivity index is 1.63. The molecule has 3 rings (SSSR count). The average Bonchev–Trinajstić information content (AvgIpc) is 3.17. The number of rotatable bonds is 5. The van der Waals surface area contributed by atoms with Gasteiger partial charge in [-0.2, -0.15) is 8.75 Å². The van der Waals surface area contributed by atoms with Crippen molar-refractivity contribution in [1.29, 1.82) is 0 Å². The molecule has 2 N–H and O–H groups in total. The molecule has 0 fully saturated rings. The van der Waals surface area contributed by atoms with E-state index in [1.54, 1.807) is 6.07 Å². The molecule has 24 heavy (non-hydrogen) atoms. The summed E-state index contributed by atoms with van der Waals surface area (Å²) in [5, 5.41) is 8.09. The van der Waals surface area contributed by atoms with Crippen LogP contribution in [0.25, 0.3) is 11.0 Å². The van der Waals surface area contributed by atoms with Gasteiger partial charge in [-0.25, -0.2) is 9.78 Å². The maximum atomic E-state index is 12.2. The molecule has 2 heterocycles. The van der Waals surface area contributed by atoms with E-state index in [0.29, 0.717) is 22.4 Å². The van der Waals surface area contributed by atoms with Gasteiger partial charge in [0.1, 0.15) is 11.0 Å². The predicted molar refractivity (Wildman–Crippen MR) is 98.8 cm³/mol. The highest BCUT2D eigenvalue weighted by Crippen LogP contribution is 2.22. The molecule has 9 heteroatoms. The summed E-state index contributed by atoms with van der Waals surface area (Å²) in [5.41, 5.74) is 3.04. The lowest BCUT2D eigenvalue weighted by Gasteiger charge is -2.19. The fourth-order valence-electron chi connectivity index (χ4n) is 2.03. The van der Waals surface area contributed by atoms with Crippen LogP contribution < -0.4 is 10.6 Å². The van der Waals surface area contributed by atoms with Crippen LogP contribution in [-0.4, -0.2) is 37.8 Å².